The fourth-order valence-corrected chi connectivity index (χ4v) is 2.08. The van der Waals surface area contributed by atoms with Gasteiger partial charge in [-0.3, -0.25) is 0 Å². The first-order valence-electron chi connectivity index (χ1n) is 6.25. The minimum absolute atomic E-state index is 0.111. The summed E-state index contributed by atoms with van der Waals surface area (Å²) in [7, 11) is 0. The van der Waals surface area contributed by atoms with Crippen LogP contribution in [0.2, 0.25) is 0 Å². The monoisotopic (exact) mass is 228 g/mol. The van der Waals surface area contributed by atoms with E-state index in [4.69, 9.17) is 5.11 Å². The summed E-state index contributed by atoms with van der Waals surface area (Å²) in [6.07, 6.45) is 0. The van der Waals surface area contributed by atoms with Gasteiger partial charge in [0, 0.05) is 0 Å². The van der Waals surface area contributed by atoms with Crippen molar-refractivity contribution in [2.24, 2.45) is 5.92 Å². The average molecular weight is 228 g/mol. The fraction of sp³-hybridized carbons (Fsp3) is 0.375. The lowest BCUT2D eigenvalue weighted by Gasteiger charge is -2.16. The largest absolute Gasteiger partial charge is 0.392 e. The van der Waals surface area contributed by atoms with Crippen molar-refractivity contribution in [2.45, 2.75) is 33.3 Å². The van der Waals surface area contributed by atoms with Gasteiger partial charge in [0.05, 0.1) is 6.61 Å². The van der Waals surface area contributed by atoms with Crippen molar-refractivity contribution >= 4 is 10.8 Å². The van der Waals surface area contributed by atoms with Crippen LogP contribution in [0.4, 0.5) is 0 Å². The predicted molar refractivity (Wildman–Crippen MR) is 73.1 cm³/mol. The Balaban J connectivity index is 2.44. The van der Waals surface area contributed by atoms with Crippen LogP contribution in [-0.4, -0.2) is 5.11 Å². The summed E-state index contributed by atoms with van der Waals surface area (Å²) < 4.78 is 0. The van der Waals surface area contributed by atoms with Crippen LogP contribution in [0.3, 0.4) is 0 Å². The molecule has 2 rings (SSSR count). The Labute approximate surface area is 103 Å². The normalized spacial score (nSPS) is 13.2. The molecule has 0 radical (unpaired) electrons. The van der Waals surface area contributed by atoms with Crippen molar-refractivity contribution in [1.82, 2.24) is 0 Å². The summed E-state index contributed by atoms with van der Waals surface area (Å²) >= 11 is 0. The van der Waals surface area contributed by atoms with Crippen LogP contribution in [0.1, 0.15) is 37.8 Å². The molecule has 0 bridgehead atoms. The molecule has 17 heavy (non-hydrogen) atoms. The van der Waals surface area contributed by atoms with Gasteiger partial charge in [-0.2, -0.15) is 0 Å². The van der Waals surface area contributed by atoms with Gasteiger partial charge in [0.25, 0.3) is 0 Å². The minimum Gasteiger partial charge on any atom is -0.392 e. The number of fused-ring (bicyclic) bond motifs is 1. The van der Waals surface area contributed by atoms with Crippen LogP contribution in [0.25, 0.3) is 10.8 Å². The van der Waals surface area contributed by atoms with Gasteiger partial charge >= 0.3 is 0 Å². The van der Waals surface area contributed by atoms with Gasteiger partial charge in [-0.1, -0.05) is 51.1 Å². The molecular formula is C16H20O. The molecule has 1 heteroatoms. The van der Waals surface area contributed by atoms with Crippen LogP contribution < -0.4 is 0 Å². The average Bonchev–Trinajstić information content (AvgIpc) is 2.36. The molecule has 2 aromatic rings. The van der Waals surface area contributed by atoms with Gasteiger partial charge in [0.2, 0.25) is 0 Å². The number of rotatable bonds is 3. The van der Waals surface area contributed by atoms with Gasteiger partial charge in [0.1, 0.15) is 0 Å². The Hall–Kier alpha value is -1.34. The lowest BCUT2D eigenvalue weighted by Crippen LogP contribution is -2.01. The molecule has 0 aromatic heterocycles. The Bertz CT molecular complexity index is 514. The van der Waals surface area contributed by atoms with Gasteiger partial charge < -0.3 is 5.11 Å². The maximum absolute atomic E-state index is 9.11. The first-order chi connectivity index (χ1) is 8.11. The van der Waals surface area contributed by atoms with Gasteiger partial charge in [-0.05, 0) is 39.8 Å². The second-order valence-corrected chi connectivity index (χ2v) is 5.13. The SMILES string of the molecule is CC(C)[C@@H](C)c1ccc2cc(CO)ccc2c1. The lowest BCUT2D eigenvalue weighted by atomic mass is 9.89. The van der Waals surface area contributed by atoms with Crippen LogP contribution in [0.15, 0.2) is 36.4 Å². The molecule has 0 aliphatic rings. The fourth-order valence-electron chi connectivity index (χ4n) is 2.08. The third kappa shape index (κ3) is 2.50. The van der Waals surface area contributed by atoms with Crippen molar-refractivity contribution in [3.63, 3.8) is 0 Å². The molecule has 1 nitrogen and oxygen atoms in total. The Morgan fingerprint density at radius 1 is 0.941 bits per heavy atom. The van der Waals surface area contributed by atoms with E-state index >= 15 is 0 Å². The van der Waals surface area contributed by atoms with Gasteiger partial charge in [0.15, 0.2) is 0 Å². The van der Waals surface area contributed by atoms with Crippen molar-refractivity contribution in [3.8, 4) is 0 Å². The zero-order chi connectivity index (χ0) is 12.4. The summed E-state index contributed by atoms with van der Waals surface area (Å²) in [5, 5.41) is 11.6. The minimum atomic E-state index is 0.111. The molecule has 0 fully saturated rings. The molecule has 1 atom stereocenters. The highest BCUT2D eigenvalue weighted by Gasteiger charge is 2.10. The molecular weight excluding hydrogens is 208 g/mol. The summed E-state index contributed by atoms with van der Waals surface area (Å²) in [6.45, 7) is 6.89. The lowest BCUT2D eigenvalue weighted by molar-refractivity contribution is 0.282. The third-order valence-corrected chi connectivity index (χ3v) is 3.64. The Morgan fingerprint density at radius 2 is 1.59 bits per heavy atom. The maximum atomic E-state index is 9.11. The quantitative estimate of drug-likeness (QED) is 0.838. The van der Waals surface area contributed by atoms with E-state index in [0.717, 1.165) is 5.56 Å². The number of aliphatic hydroxyl groups is 1. The Kier molecular flexibility index (Phi) is 3.49. The summed E-state index contributed by atoms with van der Waals surface area (Å²) in [4.78, 5) is 0. The molecule has 0 aliphatic heterocycles. The van der Waals surface area contributed by atoms with E-state index < -0.39 is 0 Å². The molecule has 0 spiro atoms. The van der Waals surface area contributed by atoms with Gasteiger partial charge in [-0.25, -0.2) is 0 Å². The first-order valence-corrected chi connectivity index (χ1v) is 6.25. The highest BCUT2D eigenvalue weighted by molar-refractivity contribution is 5.83. The van der Waals surface area contributed by atoms with Crippen LogP contribution in [0.5, 0.6) is 0 Å². The number of aliphatic hydroxyl groups excluding tert-OH is 1. The molecule has 0 unspecified atom stereocenters. The van der Waals surface area contributed by atoms with Gasteiger partial charge in [-0.15, -0.1) is 0 Å². The molecule has 0 aliphatic carbocycles. The van der Waals surface area contributed by atoms with E-state index in [1.807, 2.05) is 6.07 Å². The zero-order valence-corrected chi connectivity index (χ0v) is 10.8. The standard InChI is InChI=1S/C16H20O/c1-11(2)12(3)14-6-7-15-8-13(10-17)4-5-16(15)9-14/h4-9,11-12,17H,10H2,1-3H3/t12-/m1/s1. The third-order valence-electron chi connectivity index (χ3n) is 3.64. The van der Waals surface area contributed by atoms with Crippen molar-refractivity contribution in [1.29, 1.82) is 0 Å². The van der Waals surface area contributed by atoms with Crippen molar-refractivity contribution in [2.75, 3.05) is 0 Å². The number of hydrogen-bond donors (Lipinski definition) is 1. The molecule has 0 saturated heterocycles. The maximum Gasteiger partial charge on any atom is 0.0682 e. The number of benzene rings is 2. The number of hydrogen-bond acceptors (Lipinski definition) is 1. The second-order valence-electron chi connectivity index (χ2n) is 5.13. The summed E-state index contributed by atoms with van der Waals surface area (Å²) in [5.41, 5.74) is 2.37. The molecule has 2 aromatic carbocycles. The molecule has 0 amide bonds. The molecule has 90 valence electrons. The summed E-state index contributed by atoms with van der Waals surface area (Å²) in [6, 6.07) is 12.8. The van der Waals surface area contributed by atoms with Crippen LogP contribution >= 0.6 is 0 Å². The van der Waals surface area contributed by atoms with Crippen molar-refractivity contribution < 1.29 is 5.11 Å². The van der Waals surface area contributed by atoms with E-state index in [2.05, 4.69) is 51.1 Å². The van der Waals surface area contributed by atoms with E-state index in [1.54, 1.807) is 0 Å². The molecule has 0 saturated carbocycles. The zero-order valence-electron chi connectivity index (χ0n) is 10.8. The van der Waals surface area contributed by atoms with Crippen LogP contribution in [-0.2, 0) is 6.61 Å². The van der Waals surface area contributed by atoms with E-state index in [0.29, 0.717) is 11.8 Å². The second kappa shape index (κ2) is 4.89. The summed E-state index contributed by atoms with van der Waals surface area (Å²) in [5.74, 6) is 1.24. The van der Waals surface area contributed by atoms with E-state index in [-0.39, 0.29) is 6.61 Å². The predicted octanol–water partition coefficient (Wildman–Crippen LogP) is 4.09. The first kappa shape index (κ1) is 12.1. The smallest absolute Gasteiger partial charge is 0.0682 e. The molecule has 1 N–H and O–H groups in total. The van der Waals surface area contributed by atoms with Crippen molar-refractivity contribution in [3.05, 3.63) is 47.5 Å². The topological polar surface area (TPSA) is 20.2 Å². The highest BCUT2D eigenvalue weighted by Crippen LogP contribution is 2.27. The highest BCUT2D eigenvalue weighted by atomic mass is 16.3. The molecule has 0 heterocycles. The van der Waals surface area contributed by atoms with E-state index in [1.165, 1.54) is 16.3 Å². The van der Waals surface area contributed by atoms with E-state index in [9.17, 15) is 0 Å². The van der Waals surface area contributed by atoms with Crippen LogP contribution in [0, 0.1) is 5.92 Å². The Morgan fingerprint density at radius 3 is 2.24 bits per heavy atom.